The Hall–Kier alpha value is -1.38. The SMILES string of the molecule is C=CN=C(/C=C\C)/C=N/N. The Morgan fingerprint density at radius 3 is 2.70 bits per heavy atom. The molecule has 0 radical (unpaired) electrons. The van der Waals surface area contributed by atoms with Crippen molar-refractivity contribution in [3.63, 3.8) is 0 Å². The normalized spacial score (nSPS) is 13.1. The summed E-state index contributed by atoms with van der Waals surface area (Å²) in [4.78, 5) is 3.87. The van der Waals surface area contributed by atoms with E-state index in [1.807, 2.05) is 13.0 Å². The molecular formula is C7H11N3. The van der Waals surface area contributed by atoms with E-state index >= 15 is 0 Å². The van der Waals surface area contributed by atoms with Gasteiger partial charge in [-0.05, 0) is 13.0 Å². The summed E-state index contributed by atoms with van der Waals surface area (Å²) < 4.78 is 0. The monoisotopic (exact) mass is 137 g/mol. The van der Waals surface area contributed by atoms with Crippen molar-refractivity contribution in [3.05, 3.63) is 24.9 Å². The minimum atomic E-state index is 0.694. The third-order valence-corrected chi connectivity index (χ3v) is 0.785. The third kappa shape index (κ3) is 3.60. The molecule has 3 nitrogen and oxygen atoms in total. The van der Waals surface area contributed by atoms with E-state index in [-0.39, 0.29) is 0 Å². The van der Waals surface area contributed by atoms with E-state index in [1.165, 1.54) is 12.4 Å². The minimum Gasteiger partial charge on any atom is -0.323 e. The van der Waals surface area contributed by atoms with E-state index in [0.717, 1.165) is 0 Å². The van der Waals surface area contributed by atoms with Crippen LogP contribution >= 0.6 is 0 Å². The molecule has 0 aromatic carbocycles. The molecule has 0 amide bonds. The zero-order valence-electron chi connectivity index (χ0n) is 5.99. The fraction of sp³-hybridized carbons (Fsp3) is 0.143. The highest BCUT2D eigenvalue weighted by atomic mass is 15.1. The fourth-order valence-electron chi connectivity index (χ4n) is 0.472. The highest BCUT2D eigenvalue weighted by Crippen LogP contribution is 1.79. The van der Waals surface area contributed by atoms with Crippen LogP contribution in [0.3, 0.4) is 0 Å². The summed E-state index contributed by atoms with van der Waals surface area (Å²) in [6.07, 6.45) is 6.54. The maximum atomic E-state index is 4.91. The molecule has 0 saturated heterocycles. The van der Waals surface area contributed by atoms with Gasteiger partial charge in [-0.2, -0.15) is 5.10 Å². The van der Waals surface area contributed by atoms with Crippen LogP contribution in [0.2, 0.25) is 0 Å². The van der Waals surface area contributed by atoms with Gasteiger partial charge in [-0.15, -0.1) is 0 Å². The van der Waals surface area contributed by atoms with Crippen molar-refractivity contribution in [1.82, 2.24) is 0 Å². The third-order valence-electron chi connectivity index (χ3n) is 0.785. The molecule has 0 rings (SSSR count). The molecule has 0 heterocycles. The molecule has 2 N–H and O–H groups in total. The number of hydrazone groups is 1. The summed E-state index contributed by atoms with van der Waals surface area (Å²) in [7, 11) is 0. The lowest BCUT2D eigenvalue weighted by atomic mass is 10.3. The van der Waals surface area contributed by atoms with Gasteiger partial charge in [0.05, 0.1) is 11.9 Å². The minimum absolute atomic E-state index is 0.694. The van der Waals surface area contributed by atoms with Gasteiger partial charge in [0.25, 0.3) is 0 Å². The first-order chi connectivity index (χ1) is 4.85. The van der Waals surface area contributed by atoms with Crippen molar-refractivity contribution in [2.75, 3.05) is 0 Å². The molecule has 54 valence electrons. The van der Waals surface area contributed by atoms with Crippen LogP contribution in [-0.2, 0) is 0 Å². The van der Waals surface area contributed by atoms with Gasteiger partial charge < -0.3 is 5.84 Å². The van der Waals surface area contributed by atoms with E-state index < -0.39 is 0 Å². The Labute approximate surface area is 60.7 Å². The highest BCUT2D eigenvalue weighted by molar-refractivity contribution is 6.35. The first-order valence-corrected chi connectivity index (χ1v) is 2.89. The van der Waals surface area contributed by atoms with E-state index in [4.69, 9.17) is 5.84 Å². The van der Waals surface area contributed by atoms with Gasteiger partial charge in [-0.1, -0.05) is 12.7 Å². The van der Waals surface area contributed by atoms with Crippen LogP contribution in [0.15, 0.2) is 35.0 Å². The van der Waals surface area contributed by atoms with Crippen LogP contribution in [0.4, 0.5) is 0 Å². The van der Waals surface area contributed by atoms with Crippen LogP contribution in [0, 0.1) is 0 Å². The van der Waals surface area contributed by atoms with Crippen LogP contribution < -0.4 is 5.84 Å². The number of nitrogens with two attached hydrogens (primary N) is 1. The molecule has 0 aliphatic carbocycles. The topological polar surface area (TPSA) is 50.7 Å². The molecule has 3 heteroatoms. The number of hydrogen-bond acceptors (Lipinski definition) is 3. The average Bonchev–Trinajstić information content (AvgIpc) is 1.90. The zero-order valence-corrected chi connectivity index (χ0v) is 5.99. The largest absolute Gasteiger partial charge is 0.323 e. The Morgan fingerprint density at radius 1 is 1.60 bits per heavy atom. The molecule has 0 fully saturated rings. The Bertz CT molecular complexity index is 163. The van der Waals surface area contributed by atoms with Gasteiger partial charge in [-0.3, -0.25) is 4.99 Å². The predicted molar refractivity (Wildman–Crippen MR) is 45.1 cm³/mol. The second-order valence-electron chi connectivity index (χ2n) is 1.51. The molecule has 0 bridgehead atoms. The van der Waals surface area contributed by atoms with Gasteiger partial charge >= 0.3 is 0 Å². The predicted octanol–water partition coefficient (Wildman–Crippen LogP) is 1.09. The van der Waals surface area contributed by atoms with Gasteiger partial charge in [0.15, 0.2) is 0 Å². The van der Waals surface area contributed by atoms with E-state index in [2.05, 4.69) is 16.7 Å². The number of rotatable bonds is 3. The van der Waals surface area contributed by atoms with Crippen molar-refractivity contribution in [2.45, 2.75) is 6.92 Å². The summed E-state index contributed by atoms with van der Waals surface area (Å²) in [5.74, 6) is 4.91. The van der Waals surface area contributed by atoms with Crippen LogP contribution in [0.5, 0.6) is 0 Å². The van der Waals surface area contributed by atoms with E-state index in [1.54, 1.807) is 6.08 Å². The molecule has 0 spiro atoms. The van der Waals surface area contributed by atoms with Crippen molar-refractivity contribution in [1.29, 1.82) is 0 Å². The van der Waals surface area contributed by atoms with Crippen LogP contribution in [-0.4, -0.2) is 11.9 Å². The lowest BCUT2D eigenvalue weighted by Crippen LogP contribution is -1.96. The quantitative estimate of drug-likeness (QED) is 0.353. The molecular weight excluding hydrogens is 126 g/mol. The number of hydrogen-bond donors (Lipinski definition) is 1. The van der Waals surface area contributed by atoms with Gasteiger partial charge in [0, 0.05) is 6.20 Å². The summed E-state index contributed by atoms with van der Waals surface area (Å²) in [5.41, 5.74) is 0.694. The molecule has 0 unspecified atom stereocenters. The Balaban J connectivity index is 4.25. The summed E-state index contributed by atoms with van der Waals surface area (Å²) in [6, 6.07) is 0. The molecule has 0 aliphatic heterocycles. The second kappa shape index (κ2) is 5.75. The van der Waals surface area contributed by atoms with Crippen molar-refractivity contribution in [2.24, 2.45) is 15.9 Å². The molecule has 0 saturated carbocycles. The molecule has 0 atom stereocenters. The van der Waals surface area contributed by atoms with Gasteiger partial charge in [0.2, 0.25) is 0 Å². The maximum absolute atomic E-state index is 4.91. The van der Waals surface area contributed by atoms with Crippen LogP contribution in [0.1, 0.15) is 6.92 Å². The maximum Gasteiger partial charge on any atom is 0.0826 e. The van der Waals surface area contributed by atoms with E-state index in [9.17, 15) is 0 Å². The molecule has 0 aromatic heterocycles. The first kappa shape index (κ1) is 8.62. The van der Waals surface area contributed by atoms with Crippen molar-refractivity contribution in [3.8, 4) is 0 Å². The number of nitrogens with zero attached hydrogens (tertiary/aromatic N) is 2. The summed E-state index contributed by atoms with van der Waals surface area (Å²) in [5, 5.41) is 3.32. The van der Waals surface area contributed by atoms with Crippen molar-refractivity contribution >= 4 is 11.9 Å². The molecule has 0 aromatic rings. The van der Waals surface area contributed by atoms with Gasteiger partial charge in [-0.25, -0.2) is 0 Å². The van der Waals surface area contributed by atoms with Crippen LogP contribution in [0.25, 0.3) is 0 Å². The second-order valence-corrected chi connectivity index (χ2v) is 1.51. The lowest BCUT2D eigenvalue weighted by molar-refractivity contribution is 1.27. The van der Waals surface area contributed by atoms with Gasteiger partial charge in [0.1, 0.15) is 0 Å². The number of allylic oxidation sites excluding steroid dienone is 2. The van der Waals surface area contributed by atoms with E-state index in [0.29, 0.717) is 5.71 Å². The van der Waals surface area contributed by atoms with Crippen molar-refractivity contribution < 1.29 is 0 Å². The summed E-state index contributed by atoms with van der Waals surface area (Å²) in [6.45, 7) is 5.33. The zero-order chi connectivity index (χ0) is 7.82. The average molecular weight is 137 g/mol. The molecule has 10 heavy (non-hydrogen) atoms. The Kier molecular flexibility index (Phi) is 4.96. The first-order valence-electron chi connectivity index (χ1n) is 2.89. The lowest BCUT2D eigenvalue weighted by Gasteiger charge is -1.85. The fourth-order valence-corrected chi connectivity index (χ4v) is 0.472. The molecule has 0 aliphatic rings. The standard InChI is InChI=1S/C7H11N3/c1-3-5-7(6-10-8)9-4-2/h3-6H,2,8H2,1H3/b5-3-,9-7?,10-6+. The highest BCUT2D eigenvalue weighted by Gasteiger charge is 1.82. The smallest absolute Gasteiger partial charge is 0.0826 e. The Morgan fingerprint density at radius 2 is 2.30 bits per heavy atom. The number of aliphatic imine (C=N–C) groups is 1. The summed E-state index contributed by atoms with van der Waals surface area (Å²) >= 11 is 0.